The van der Waals surface area contributed by atoms with Crippen molar-refractivity contribution in [3.8, 4) is 0 Å². The number of hydrogen-bond acceptors (Lipinski definition) is 3. The number of pyridine rings is 1. The number of esters is 1. The Bertz CT molecular complexity index is 321. The quantitative estimate of drug-likeness (QED) is 0.634. The van der Waals surface area contributed by atoms with E-state index >= 15 is 0 Å². The number of ether oxygens (including phenoxy) is 1. The van der Waals surface area contributed by atoms with E-state index in [1.165, 1.54) is 0 Å². The second kappa shape index (κ2) is 5.46. The largest absolute Gasteiger partial charge is 0.462 e. The first-order valence-electron chi connectivity index (χ1n) is 4.13. The molecule has 14 heavy (non-hydrogen) atoms. The van der Waals surface area contributed by atoms with Crippen LogP contribution in [0.4, 0.5) is 0 Å². The fourth-order valence-electron chi connectivity index (χ4n) is 0.861. The highest BCUT2D eigenvalue weighted by atomic mass is 79.9. The van der Waals surface area contributed by atoms with Gasteiger partial charge in [0, 0.05) is 0 Å². The van der Waals surface area contributed by atoms with Gasteiger partial charge in [0.2, 0.25) is 0 Å². The van der Waals surface area contributed by atoms with Crippen molar-refractivity contribution in [2.75, 3.05) is 6.61 Å². The van der Waals surface area contributed by atoms with Crippen LogP contribution < -0.4 is 0 Å². The minimum atomic E-state index is -0.323. The van der Waals surface area contributed by atoms with Gasteiger partial charge in [-0.1, -0.05) is 6.92 Å². The van der Waals surface area contributed by atoms with E-state index in [2.05, 4.69) is 36.8 Å². The Hall–Kier alpha value is -0.420. The molecule has 1 aromatic rings. The minimum absolute atomic E-state index is 0.323. The van der Waals surface area contributed by atoms with Gasteiger partial charge in [-0.15, -0.1) is 0 Å². The van der Waals surface area contributed by atoms with Crippen LogP contribution in [0.15, 0.2) is 21.3 Å². The van der Waals surface area contributed by atoms with E-state index in [4.69, 9.17) is 4.74 Å². The van der Waals surface area contributed by atoms with Gasteiger partial charge in [0.25, 0.3) is 0 Å². The first-order valence-corrected chi connectivity index (χ1v) is 5.72. The van der Waals surface area contributed by atoms with Crippen molar-refractivity contribution in [2.24, 2.45) is 0 Å². The summed E-state index contributed by atoms with van der Waals surface area (Å²) in [6.07, 6.45) is 0.819. The SMILES string of the molecule is CCCOC(=O)c1cc(Br)nc(Br)c1. The second-order valence-corrected chi connectivity index (χ2v) is 4.26. The number of carbonyl (C=O) groups is 1. The Morgan fingerprint density at radius 1 is 1.43 bits per heavy atom. The summed E-state index contributed by atoms with van der Waals surface area (Å²) in [5.41, 5.74) is 0.493. The van der Waals surface area contributed by atoms with Gasteiger partial charge in [0.15, 0.2) is 0 Å². The standard InChI is InChI=1S/C9H9Br2NO2/c1-2-3-14-9(13)6-4-7(10)12-8(11)5-6/h4-5H,2-3H2,1H3. The van der Waals surface area contributed by atoms with Crippen molar-refractivity contribution in [1.82, 2.24) is 4.98 Å². The highest BCUT2D eigenvalue weighted by Gasteiger charge is 2.08. The molecule has 1 heterocycles. The molecular weight excluding hydrogens is 314 g/mol. The van der Waals surface area contributed by atoms with Crippen molar-refractivity contribution in [1.29, 1.82) is 0 Å². The van der Waals surface area contributed by atoms with E-state index < -0.39 is 0 Å². The lowest BCUT2D eigenvalue weighted by atomic mass is 10.3. The molecule has 0 saturated heterocycles. The maximum Gasteiger partial charge on any atom is 0.338 e. The molecular formula is C9H9Br2NO2. The lowest BCUT2D eigenvalue weighted by Crippen LogP contribution is -2.06. The summed E-state index contributed by atoms with van der Waals surface area (Å²) in [5, 5.41) is 0. The molecule has 0 amide bonds. The molecule has 0 aliphatic rings. The summed E-state index contributed by atoms with van der Waals surface area (Å²) in [4.78, 5) is 15.4. The fourth-order valence-corrected chi connectivity index (χ4v) is 1.97. The summed E-state index contributed by atoms with van der Waals surface area (Å²) in [6.45, 7) is 2.39. The normalized spacial score (nSPS) is 9.93. The van der Waals surface area contributed by atoms with Gasteiger partial charge in [-0.3, -0.25) is 0 Å². The number of hydrogen-bond donors (Lipinski definition) is 0. The number of nitrogens with zero attached hydrogens (tertiary/aromatic N) is 1. The molecule has 0 aromatic carbocycles. The molecule has 0 unspecified atom stereocenters. The molecule has 0 bridgehead atoms. The average Bonchev–Trinajstić information content (AvgIpc) is 2.12. The van der Waals surface area contributed by atoms with E-state index in [1.54, 1.807) is 12.1 Å². The predicted octanol–water partition coefficient (Wildman–Crippen LogP) is 3.17. The Morgan fingerprint density at radius 3 is 2.50 bits per heavy atom. The maximum atomic E-state index is 11.4. The van der Waals surface area contributed by atoms with Gasteiger partial charge in [-0.2, -0.15) is 0 Å². The third-order valence-corrected chi connectivity index (χ3v) is 2.25. The molecule has 76 valence electrons. The van der Waals surface area contributed by atoms with Crippen molar-refractivity contribution in [2.45, 2.75) is 13.3 Å². The molecule has 5 heteroatoms. The number of rotatable bonds is 3. The van der Waals surface area contributed by atoms with E-state index in [0.29, 0.717) is 21.4 Å². The topological polar surface area (TPSA) is 39.2 Å². The Balaban J connectivity index is 2.79. The van der Waals surface area contributed by atoms with Crippen molar-refractivity contribution >= 4 is 37.8 Å². The molecule has 0 spiro atoms. The zero-order valence-electron chi connectivity index (χ0n) is 7.59. The molecule has 0 N–H and O–H groups in total. The second-order valence-electron chi connectivity index (χ2n) is 2.64. The van der Waals surface area contributed by atoms with Gasteiger partial charge in [-0.05, 0) is 50.4 Å². The van der Waals surface area contributed by atoms with Gasteiger partial charge < -0.3 is 4.74 Å². The van der Waals surface area contributed by atoms with Gasteiger partial charge >= 0.3 is 5.97 Å². The van der Waals surface area contributed by atoms with Crippen LogP contribution in [0.5, 0.6) is 0 Å². The van der Waals surface area contributed by atoms with Crippen LogP contribution in [0.3, 0.4) is 0 Å². The Kier molecular flexibility index (Phi) is 4.54. The van der Waals surface area contributed by atoms with E-state index in [0.717, 1.165) is 6.42 Å². The zero-order chi connectivity index (χ0) is 10.6. The summed E-state index contributed by atoms with van der Waals surface area (Å²) >= 11 is 6.40. The molecule has 0 saturated carbocycles. The molecule has 0 aliphatic carbocycles. The maximum absolute atomic E-state index is 11.4. The third kappa shape index (κ3) is 3.38. The Morgan fingerprint density at radius 2 is 2.00 bits per heavy atom. The van der Waals surface area contributed by atoms with Crippen LogP contribution in [-0.2, 0) is 4.74 Å². The zero-order valence-corrected chi connectivity index (χ0v) is 10.8. The van der Waals surface area contributed by atoms with E-state index in [-0.39, 0.29) is 5.97 Å². The predicted molar refractivity (Wildman–Crippen MR) is 60.2 cm³/mol. The average molecular weight is 323 g/mol. The van der Waals surface area contributed by atoms with Crippen LogP contribution >= 0.6 is 31.9 Å². The first-order chi connectivity index (χ1) is 6.63. The summed E-state index contributed by atoms with van der Waals surface area (Å²) in [7, 11) is 0. The highest BCUT2D eigenvalue weighted by Crippen LogP contribution is 2.16. The number of halogens is 2. The van der Waals surface area contributed by atoms with Crippen LogP contribution in [-0.4, -0.2) is 17.6 Å². The number of carbonyl (C=O) groups excluding carboxylic acids is 1. The molecule has 0 aliphatic heterocycles. The smallest absolute Gasteiger partial charge is 0.338 e. The highest BCUT2D eigenvalue weighted by molar-refractivity contribution is 9.11. The third-order valence-electron chi connectivity index (χ3n) is 1.44. The van der Waals surface area contributed by atoms with Crippen molar-refractivity contribution in [3.05, 3.63) is 26.9 Å². The lowest BCUT2D eigenvalue weighted by Gasteiger charge is -2.03. The van der Waals surface area contributed by atoms with E-state index in [1.807, 2.05) is 6.92 Å². The minimum Gasteiger partial charge on any atom is -0.462 e. The lowest BCUT2D eigenvalue weighted by molar-refractivity contribution is 0.0505. The molecule has 0 fully saturated rings. The molecule has 0 radical (unpaired) electrons. The van der Waals surface area contributed by atoms with Crippen LogP contribution in [0, 0.1) is 0 Å². The van der Waals surface area contributed by atoms with Crippen molar-refractivity contribution in [3.63, 3.8) is 0 Å². The molecule has 0 atom stereocenters. The van der Waals surface area contributed by atoms with Crippen LogP contribution in [0.2, 0.25) is 0 Å². The van der Waals surface area contributed by atoms with E-state index in [9.17, 15) is 4.79 Å². The van der Waals surface area contributed by atoms with Crippen LogP contribution in [0.25, 0.3) is 0 Å². The summed E-state index contributed by atoms with van der Waals surface area (Å²) < 4.78 is 6.19. The van der Waals surface area contributed by atoms with Gasteiger partial charge in [-0.25, -0.2) is 9.78 Å². The molecule has 1 rings (SSSR count). The Labute approximate surface area is 99.1 Å². The molecule has 3 nitrogen and oxygen atoms in total. The summed E-state index contributed by atoms with van der Waals surface area (Å²) in [5.74, 6) is -0.323. The molecule has 1 aromatic heterocycles. The summed E-state index contributed by atoms with van der Waals surface area (Å²) in [6, 6.07) is 3.26. The first kappa shape index (κ1) is 11.7. The number of aromatic nitrogens is 1. The van der Waals surface area contributed by atoms with Gasteiger partial charge in [0.1, 0.15) is 9.21 Å². The van der Waals surface area contributed by atoms with Crippen molar-refractivity contribution < 1.29 is 9.53 Å². The fraction of sp³-hybridized carbons (Fsp3) is 0.333. The monoisotopic (exact) mass is 321 g/mol. The van der Waals surface area contributed by atoms with Crippen LogP contribution in [0.1, 0.15) is 23.7 Å². The van der Waals surface area contributed by atoms with Gasteiger partial charge in [0.05, 0.1) is 12.2 Å².